The summed E-state index contributed by atoms with van der Waals surface area (Å²) in [6.07, 6.45) is -6.03. The van der Waals surface area contributed by atoms with E-state index in [1.165, 1.54) is 0 Å². The summed E-state index contributed by atoms with van der Waals surface area (Å²) in [7, 11) is 0. The lowest BCUT2D eigenvalue weighted by atomic mass is 9.82. The summed E-state index contributed by atoms with van der Waals surface area (Å²) in [4.78, 5) is 41.6. The Balaban J connectivity index is 2.08. The highest BCUT2D eigenvalue weighted by Gasteiger charge is 2.52. The first-order chi connectivity index (χ1) is 17.8. The molecule has 2 N–H and O–H groups in total. The Kier molecular flexibility index (Phi) is 10.1. The van der Waals surface area contributed by atoms with Gasteiger partial charge in [-0.2, -0.15) is 26.3 Å². The smallest absolute Gasteiger partial charge is 0.414 e. The number of aliphatic carboxylic acids is 2. The summed E-state index contributed by atoms with van der Waals surface area (Å²) in [5.74, 6) is -9.41. The van der Waals surface area contributed by atoms with E-state index in [2.05, 4.69) is 4.74 Å². The summed E-state index contributed by atoms with van der Waals surface area (Å²) in [5.41, 5.74) is 0. The van der Waals surface area contributed by atoms with Gasteiger partial charge in [-0.25, -0.2) is 0 Å². The van der Waals surface area contributed by atoms with Crippen LogP contribution in [0.4, 0.5) is 26.3 Å². The van der Waals surface area contributed by atoms with Crippen molar-refractivity contribution in [1.29, 1.82) is 0 Å². The van der Waals surface area contributed by atoms with Crippen molar-refractivity contribution < 1.29 is 60.5 Å². The zero-order valence-corrected chi connectivity index (χ0v) is 21.2. The Morgan fingerprint density at radius 3 is 1.18 bits per heavy atom. The minimum atomic E-state index is -4.84. The number of ether oxygens (including phenoxy) is 1. The lowest BCUT2D eigenvalue weighted by Crippen LogP contribution is -2.38. The molecule has 0 aliphatic heterocycles. The van der Waals surface area contributed by atoms with E-state index in [9.17, 15) is 45.5 Å². The minimum absolute atomic E-state index is 0.612. The molecule has 0 radical (unpaired) electrons. The van der Waals surface area contributed by atoms with Crippen LogP contribution in [0.25, 0.3) is 0 Å². The Morgan fingerprint density at radius 2 is 0.949 bits per heavy atom. The Hall–Kier alpha value is -2.80. The molecule has 2 aliphatic carbocycles. The van der Waals surface area contributed by atoms with E-state index >= 15 is 0 Å². The van der Waals surface area contributed by atoms with Crippen LogP contribution in [-0.4, -0.2) is 56.2 Å². The maximum atomic E-state index is 13.1. The Morgan fingerprint density at radius 1 is 0.667 bits per heavy atom. The van der Waals surface area contributed by atoms with Crippen LogP contribution in [0.5, 0.6) is 0 Å². The number of hydrogen-bond acceptors (Lipinski definition) is 5. The third kappa shape index (κ3) is 8.59. The van der Waals surface area contributed by atoms with E-state index in [1.807, 2.05) is 0 Å². The summed E-state index contributed by atoms with van der Waals surface area (Å²) in [5, 5.41) is 18.3. The SMILES string of the molecule is O=C(O)CC(CC(=O)OC(=O)CC(CC(=O)O)C1C=CC(Cl)(C(F)(F)F)C=C1)C1C=CC(Cl)(C(F)(F)F)C=C1. The summed E-state index contributed by atoms with van der Waals surface area (Å²) in [6, 6.07) is 0. The topological polar surface area (TPSA) is 118 Å². The van der Waals surface area contributed by atoms with Crippen molar-refractivity contribution in [1.82, 2.24) is 0 Å². The predicted molar refractivity (Wildman–Crippen MR) is 125 cm³/mol. The zero-order valence-electron chi connectivity index (χ0n) is 19.7. The van der Waals surface area contributed by atoms with Gasteiger partial charge >= 0.3 is 36.2 Å². The number of carboxylic acid groups (broad SMARTS) is 2. The standard InChI is InChI=1S/C24H22Cl2F6O7/c25-21(23(27,28)29)5-1-13(2-6-21)15(9-17(33)34)11-19(37)39-20(38)12-16(10-18(35)36)14-3-7-22(26,8-4-14)24(30,31)32/h1-8,13-16H,9-12H2,(H,33,34)(H,35,36). The van der Waals surface area contributed by atoms with Crippen LogP contribution in [0.15, 0.2) is 48.6 Å². The average molecular weight is 607 g/mol. The monoisotopic (exact) mass is 606 g/mol. The molecule has 7 nitrogen and oxygen atoms in total. The van der Waals surface area contributed by atoms with Crippen molar-refractivity contribution in [2.45, 2.75) is 47.8 Å². The molecular formula is C24H22Cl2F6O7. The van der Waals surface area contributed by atoms with Crippen molar-refractivity contribution in [2.24, 2.45) is 23.7 Å². The van der Waals surface area contributed by atoms with Crippen molar-refractivity contribution >= 4 is 47.1 Å². The molecule has 0 fully saturated rings. The number of carbonyl (C=O) groups excluding carboxylic acids is 2. The number of allylic oxidation sites excluding steroid dienone is 8. The zero-order chi connectivity index (χ0) is 29.8. The van der Waals surface area contributed by atoms with Gasteiger partial charge in [-0.1, -0.05) is 48.6 Å². The van der Waals surface area contributed by atoms with Gasteiger partial charge in [0.1, 0.15) is 0 Å². The molecule has 0 aromatic carbocycles. The largest absolute Gasteiger partial charge is 0.481 e. The fourth-order valence-corrected chi connectivity index (χ4v) is 4.32. The third-order valence-electron chi connectivity index (χ3n) is 6.16. The maximum absolute atomic E-state index is 13.1. The molecule has 0 bridgehead atoms. The molecule has 15 heteroatoms. The van der Waals surface area contributed by atoms with Gasteiger partial charge in [0, 0.05) is 12.8 Å². The molecule has 0 spiro atoms. The molecule has 0 saturated carbocycles. The van der Waals surface area contributed by atoms with E-state index in [1.54, 1.807) is 0 Å². The van der Waals surface area contributed by atoms with E-state index in [4.69, 9.17) is 33.4 Å². The normalized spacial score (nSPS) is 28.1. The molecule has 2 rings (SSSR count). The molecule has 0 aromatic heterocycles. The Bertz CT molecular complexity index is 982. The highest BCUT2D eigenvalue weighted by molar-refractivity contribution is 6.27. The van der Waals surface area contributed by atoms with Crippen LogP contribution in [0.1, 0.15) is 25.7 Å². The first-order valence-corrected chi connectivity index (χ1v) is 12.0. The van der Waals surface area contributed by atoms with E-state index < -0.39 is 95.3 Å². The van der Waals surface area contributed by atoms with E-state index in [0.29, 0.717) is 24.3 Å². The first kappa shape index (κ1) is 32.4. The van der Waals surface area contributed by atoms with Gasteiger partial charge in [0.2, 0.25) is 0 Å². The highest BCUT2D eigenvalue weighted by Crippen LogP contribution is 2.43. The van der Waals surface area contributed by atoms with Crippen molar-refractivity contribution in [3.8, 4) is 0 Å². The van der Waals surface area contributed by atoms with Crippen molar-refractivity contribution in [2.75, 3.05) is 0 Å². The van der Waals surface area contributed by atoms with Crippen LogP contribution in [0.3, 0.4) is 0 Å². The number of carbonyl (C=O) groups is 4. The summed E-state index contributed by atoms with van der Waals surface area (Å²) in [6.45, 7) is 0. The second-order valence-electron chi connectivity index (χ2n) is 9.09. The highest BCUT2D eigenvalue weighted by atomic mass is 35.5. The fraction of sp³-hybridized carbons (Fsp3) is 0.500. The third-order valence-corrected chi connectivity index (χ3v) is 7.09. The van der Waals surface area contributed by atoms with Crippen LogP contribution < -0.4 is 0 Å². The molecule has 2 aliphatic rings. The number of alkyl halides is 8. The van der Waals surface area contributed by atoms with Gasteiger partial charge in [0.05, 0.1) is 12.8 Å². The second-order valence-corrected chi connectivity index (χ2v) is 10.3. The number of carboxylic acids is 2. The van der Waals surface area contributed by atoms with Gasteiger partial charge in [-0.05, 0) is 23.7 Å². The predicted octanol–water partition coefficient (Wildman–Crippen LogP) is 5.58. The van der Waals surface area contributed by atoms with Gasteiger partial charge in [0.25, 0.3) is 0 Å². The van der Waals surface area contributed by atoms with Gasteiger partial charge < -0.3 is 14.9 Å². The fourth-order valence-electron chi connectivity index (χ4n) is 4.03. The number of rotatable bonds is 10. The van der Waals surface area contributed by atoms with E-state index in [0.717, 1.165) is 24.3 Å². The first-order valence-electron chi connectivity index (χ1n) is 11.2. The maximum Gasteiger partial charge on any atom is 0.414 e. The molecule has 0 aromatic rings. The van der Waals surface area contributed by atoms with Crippen molar-refractivity contribution in [3.05, 3.63) is 48.6 Å². The molecule has 2 unspecified atom stereocenters. The van der Waals surface area contributed by atoms with Gasteiger partial charge in [-0.15, -0.1) is 23.2 Å². The van der Waals surface area contributed by atoms with Crippen LogP contribution >= 0.6 is 23.2 Å². The average Bonchev–Trinajstić information content (AvgIpc) is 2.77. The number of hydrogen-bond donors (Lipinski definition) is 2. The van der Waals surface area contributed by atoms with Crippen molar-refractivity contribution in [3.63, 3.8) is 0 Å². The van der Waals surface area contributed by atoms with Crippen LogP contribution in [0, 0.1) is 23.7 Å². The van der Waals surface area contributed by atoms with Gasteiger partial charge in [0.15, 0.2) is 9.75 Å². The molecule has 2 atom stereocenters. The lowest BCUT2D eigenvalue weighted by Gasteiger charge is -2.30. The molecule has 39 heavy (non-hydrogen) atoms. The molecule has 216 valence electrons. The quantitative estimate of drug-likeness (QED) is 0.109. The van der Waals surface area contributed by atoms with Crippen LogP contribution in [0.2, 0.25) is 0 Å². The summed E-state index contributed by atoms with van der Waals surface area (Å²) >= 11 is 11.0. The molecule has 0 saturated heterocycles. The van der Waals surface area contributed by atoms with E-state index in [-0.39, 0.29) is 0 Å². The molecular weight excluding hydrogens is 585 g/mol. The van der Waals surface area contributed by atoms with Crippen LogP contribution in [-0.2, 0) is 23.9 Å². The molecule has 0 amide bonds. The molecule has 0 heterocycles. The number of esters is 2. The lowest BCUT2D eigenvalue weighted by molar-refractivity contribution is -0.161. The summed E-state index contributed by atoms with van der Waals surface area (Å²) < 4.78 is 83.2. The minimum Gasteiger partial charge on any atom is -0.481 e. The number of halogens is 8. The second kappa shape index (κ2) is 12.2. The Labute approximate surface area is 227 Å². The van der Waals surface area contributed by atoms with Gasteiger partial charge in [-0.3, -0.25) is 19.2 Å².